The Morgan fingerprint density at radius 3 is 2.83 bits per heavy atom. The minimum absolute atomic E-state index is 0.226. The van der Waals surface area contributed by atoms with Crippen LogP contribution in [0.1, 0.15) is 37.3 Å². The molecule has 1 aromatic carbocycles. The summed E-state index contributed by atoms with van der Waals surface area (Å²) in [5.74, 6) is 2.27. The number of aliphatic hydroxyl groups excluding tert-OH is 1. The number of fused-ring (bicyclic) bond motifs is 1. The van der Waals surface area contributed by atoms with E-state index in [1.807, 2.05) is 35.0 Å². The molecular weight excluding hydrogens is 364 g/mol. The van der Waals surface area contributed by atoms with Crippen LogP contribution in [0.4, 0.5) is 11.6 Å². The second kappa shape index (κ2) is 8.80. The highest BCUT2D eigenvalue weighted by Crippen LogP contribution is 2.25. The summed E-state index contributed by atoms with van der Waals surface area (Å²) < 4.78 is 1.88. The number of benzene rings is 1. The van der Waals surface area contributed by atoms with Gasteiger partial charge in [-0.1, -0.05) is 44.2 Å². The van der Waals surface area contributed by atoms with Crippen molar-refractivity contribution in [2.24, 2.45) is 5.92 Å². The first kappa shape index (κ1) is 19.7. The summed E-state index contributed by atoms with van der Waals surface area (Å²) in [7, 11) is 0. The molecule has 0 saturated carbocycles. The summed E-state index contributed by atoms with van der Waals surface area (Å²) in [6.07, 6.45) is 2.54. The van der Waals surface area contributed by atoms with Gasteiger partial charge in [-0.15, -0.1) is 0 Å². The van der Waals surface area contributed by atoms with E-state index in [1.165, 1.54) is 5.56 Å². The van der Waals surface area contributed by atoms with Gasteiger partial charge in [0.15, 0.2) is 5.65 Å². The fraction of sp³-hybridized carbons (Fsp3) is 0.455. The highest BCUT2D eigenvalue weighted by Gasteiger charge is 2.23. The van der Waals surface area contributed by atoms with E-state index in [1.54, 1.807) is 0 Å². The van der Waals surface area contributed by atoms with Gasteiger partial charge in [-0.25, -0.2) is 4.98 Å². The fourth-order valence-corrected chi connectivity index (χ4v) is 3.76. The second-order valence-corrected chi connectivity index (χ2v) is 8.06. The molecule has 2 aromatic heterocycles. The molecule has 4 rings (SSSR count). The number of aromatic nitrogens is 3. The Balaban J connectivity index is 1.58. The molecule has 3 aromatic rings. The van der Waals surface area contributed by atoms with Crippen LogP contribution in [0.5, 0.6) is 0 Å². The lowest BCUT2D eigenvalue weighted by Crippen LogP contribution is -2.43. The van der Waals surface area contributed by atoms with Gasteiger partial charge >= 0.3 is 0 Å². The van der Waals surface area contributed by atoms with Gasteiger partial charge in [0.05, 0.1) is 12.3 Å². The molecule has 1 saturated heterocycles. The van der Waals surface area contributed by atoms with Gasteiger partial charge in [0, 0.05) is 37.2 Å². The second-order valence-electron chi connectivity index (χ2n) is 8.06. The van der Waals surface area contributed by atoms with Crippen molar-refractivity contribution in [3.05, 3.63) is 53.7 Å². The molecule has 0 amide bonds. The van der Waals surface area contributed by atoms with E-state index < -0.39 is 0 Å². The number of rotatable bonds is 7. The lowest BCUT2D eigenvalue weighted by molar-refractivity contribution is 0.0883. The standard InChI is InChI=1S/C22H30N6O/c1-15(2)18-13-26-28-21(25-11-16-6-4-3-5-7-16)10-20(27-22(18)28)24-12-17-8-9-23-14-19(17)29/h3-7,10,13,15,17,19,23,25,29H,8-9,11-12,14H2,1-2H3,(H,24,27)/t17-,19-/m0/s1. The number of hydrogen-bond acceptors (Lipinski definition) is 6. The number of anilines is 2. The number of nitrogens with one attached hydrogen (secondary N) is 3. The van der Waals surface area contributed by atoms with Crippen molar-refractivity contribution in [2.75, 3.05) is 30.3 Å². The predicted octanol–water partition coefficient (Wildman–Crippen LogP) is 2.85. The number of aliphatic hydroxyl groups is 1. The average molecular weight is 395 g/mol. The third-order valence-corrected chi connectivity index (χ3v) is 5.57. The molecule has 0 unspecified atom stereocenters. The topological polar surface area (TPSA) is 86.5 Å². The van der Waals surface area contributed by atoms with Crippen LogP contribution in [0.2, 0.25) is 0 Å². The van der Waals surface area contributed by atoms with Gasteiger partial charge in [0.1, 0.15) is 11.6 Å². The van der Waals surface area contributed by atoms with Gasteiger partial charge in [0.25, 0.3) is 0 Å². The van der Waals surface area contributed by atoms with Gasteiger partial charge < -0.3 is 21.1 Å². The summed E-state index contributed by atoms with van der Waals surface area (Å²) in [5, 5.41) is 25.0. The Morgan fingerprint density at radius 2 is 2.07 bits per heavy atom. The van der Waals surface area contributed by atoms with Crippen LogP contribution in [-0.2, 0) is 6.54 Å². The van der Waals surface area contributed by atoms with Crippen LogP contribution in [-0.4, -0.2) is 45.4 Å². The number of β-amino-alcohol motifs (C(OH)–C–C–N with tert-alkyl or cyclic N) is 1. The van der Waals surface area contributed by atoms with Gasteiger partial charge in [-0.3, -0.25) is 0 Å². The first-order valence-corrected chi connectivity index (χ1v) is 10.4. The zero-order valence-corrected chi connectivity index (χ0v) is 17.1. The van der Waals surface area contributed by atoms with Crippen LogP contribution in [0.25, 0.3) is 5.65 Å². The molecule has 1 fully saturated rings. The van der Waals surface area contributed by atoms with Crippen LogP contribution in [0.3, 0.4) is 0 Å². The fourth-order valence-electron chi connectivity index (χ4n) is 3.76. The van der Waals surface area contributed by atoms with E-state index in [-0.39, 0.29) is 12.0 Å². The lowest BCUT2D eigenvalue weighted by atomic mass is 9.95. The third-order valence-electron chi connectivity index (χ3n) is 5.57. The van der Waals surface area contributed by atoms with E-state index in [2.05, 4.69) is 47.0 Å². The molecule has 0 spiro atoms. The Bertz CT molecular complexity index is 939. The first-order chi connectivity index (χ1) is 14.1. The Labute approximate surface area is 171 Å². The molecular formula is C22H30N6O. The van der Waals surface area contributed by atoms with Crippen molar-refractivity contribution in [1.82, 2.24) is 19.9 Å². The Morgan fingerprint density at radius 1 is 1.24 bits per heavy atom. The molecule has 2 atom stereocenters. The third kappa shape index (κ3) is 4.52. The van der Waals surface area contributed by atoms with Gasteiger partial charge in [-0.05, 0) is 24.4 Å². The van der Waals surface area contributed by atoms with E-state index >= 15 is 0 Å². The quantitative estimate of drug-likeness (QED) is 0.493. The molecule has 1 aliphatic rings. The molecule has 154 valence electrons. The Kier molecular flexibility index (Phi) is 5.97. The van der Waals surface area contributed by atoms with Crippen molar-refractivity contribution in [2.45, 2.75) is 38.8 Å². The molecule has 7 nitrogen and oxygen atoms in total. The van der Waals surface area contributed by atoms with Crippen LogP contribution in [0.15, 0.2) is 42.6 Å². The maximum absolute atomic E-state index is 10.2. The molecule has 3 heterocycles. The number of nitrogens with zero attached hydrogens (tertiary/aromatic N) is 3. The van der Waals surface area contributed by atoms with Crippen LogP contribution < -0.4 is 16.0 Å². The van der Waals surface area contributed by atoms with E-state index in [0.717, 1.165) is 35.8 Å². The number of hydrogen-bond donors (Lipinski definition) is 4. The molecule has 7 heteroatoms. The summed E-state index contributed by atoms with van der Waals surface area (Å²) in [6.45, 7) is 7.32. The summed E-state index contributed by atoms with van der Waals surface area (Å²) in [5.41, 5.74) is 3.20. The van der Waals surface area contributed by atoms with Crippen LogP contribution in [0, 0.1) is 5.92 Å². The molecule has 29 heavy (non-hydrogen) atoms. The highest BCUT2D eigenvalue weighted by atomic mass is 16.3. The van der Waals surface area contributed by atoms with E-state index in [4.69, 9.17) is 4.98 Å². The molecule has 4 N–H and O–H groups in total. The molecule has 0 bridgehead atoms. The van der Waals surface area contributed by atoms with E-state index in [9.17, 15) is 5.11 Å². The number of piperidine rings is 1. The molecule has 0 radical (unpaired) electrons. The minimum atomic E-state index is -0.322. The van der Waals surface area contributed by atoms with Crippen molar-refractivity contribution < 1.29 is 5.11 Å². The van der Waals surface area contributed by atoms with Crippen molar-refractivity contribution in [3.63, 3.8) is 0 Å². The first-order valence-electron chi connectivity index (χ1n) is 10.4. The smallest absolute Gasteiger partial charge is 0.163 e. The highest BCUT2D eigenvalue weighted by molar-refractivity contribution is 5.61. The lowest BCUT2D eigenvalue weighted by Gasteiger charge is -2.28. The summed E-state index contributed by atoms with van der Waals surface area (Å²) in [6, 6.07) is 12.3. The summed E-state index contributed by atoms with van der Waals surface area (Å²) in [4.78, 5) is 4.83. The van der Waals surface area contributed by atoms with Crippen molar-refractivity contribution in [1.29, 1.82) is 0 Å². The molecule has 1 aliphatic heterocycles. The van der Waals surface area contributed by atoms with Gasteiger partial charge in [0.2, 0.25) is 0 Å². The van der Waals surface area contributed by atoms with Crippen molar-refractivity contribution in [3.8, 4) is 0 Å². The minimum Gasteiger partial charge on any atom is -0.391 e. The predicted molar refractivity (Wildman–Crippen MR) is 116 cm³/mol. The Hall–Kier alpha value is -2.64. The average Bonchev–Trinajstić information content (AvgIpc) is 3.16. The maximum Gasteiger partial charge on any atom is 0.163 e. The molecule has 0 aliphatic carbocycles. The van der Waals surface area contributed by atoms with Gasteiger partial charge in [-0.2, -0.15) is 9.61 Å². The zero-order chi connectivity index (χ0) is 20.2. The van der Waals surface area contributed by atoms with Crippen molar-refractivity contribution >= 4 is 17.3 Å². The van der Waals surface area contributed by atoms with E-state index in [0.29, 0.717) is 25.6 Å². The normalized spacial score (nSPS) is 19.6. The maximum atomic E-state index is 10.2. The largest absolute Gasteiger partial charge is 0.391 e. The van der Waals surface area contributed by atoms with Crippen LogP contribution >= 0.6 is 0 Å². The SMILES string of the molecule is CC(C)c1cnn2c(NCc3ccccc3)cc(NC[C@@H]3CCNC[C@@H]3O)nc12. The summed E-state index contributed by atoms with van der Waals surface area (Å²) >= 11 is 0. The monoisotopic (exact) mass is 394 g/mol. The zero-order valence-electron chi connectivity index (χ0n) is 17.1.